The number of nitrogens with one attached hydrogen (secondary N) is 1. The summed E-state index contributed by atoms with van der Waals surface area (Å²) in [6.07, 6.45) is 5.30. The summed E-state index contributed by atoms with van der Waals surface area (Å²) in [5, 5.41) is 0. The van der Waals surface area contributed by atoms with Crippen molar-refractivity contribution in [3.8, 4) is 12.3 Å². The first-order valence-electron chi connectivity index (χ1n) is 3.68. The highest BCUT2D eigenvalue weighted by molar-refractivity contribution is 5.24. The monoisotopic (exact) mass is 161 g/mol. The van der Waals surface area contributed by atoms with Crippen molar-refractivity contribution in [2.24, 2.45) is 0 Å². The van der Waals surface area contributed by atoms with Crippen LogP contribution in [-0.4, -0.2) is 7.11 Å². The topological polar surface area (TPSA) is 21.3 Å². The maximum Gasteiger partial charge on any atom is 0.117 e. The van der Waals surface area contributed by atoms with Crippen molar-refractivity contribution in [3.63, 3.8) is 0 Å². The molecule has 0 aliphatic heterocycles. The van der Waals surface area contributed by atoms with E-state index in [9.17, 15) is 0 Å². The van der Waals surface area contributed by atoms with E-state index < -0.39 is 0 Å². The average Bonchev–Trinajstić information content (AvgIpc) is 2.15. The summed E-state index contributed by atoms with van der Waals surface area (Å²) in [6.45, 7) is 0. The fourth-order valence-electron chi connectivity index (χ4n) is 0.962. The van der Waals surface area contributed by atoms with Gasteiger partial charge in [-0.1, -0.05) is 36.3 Å². The first-order valence-corrected chi connectivity index (χ1v) is 3.68. The Kier molecular flexibility index (Phi) is 3.34. The van der Waals surface area contributed by atoms with Gasteiger partial charge in [-0.05, 0) is 5.56 Å². The molecule has 1 atom stereocenters. The predicted octanol–water partition coefficient (Wildman–Crippen LogP) is 1.51. The van der Waals surface area contributed by atoms with E-state index in [1.54, 1.807) is 7.11 Å². The fourth-order valence-corrected chi connectivity index (χ4v) is 0.962. The summed E-state index contributed by atoms with van der Waals surface area (Å²) in [5.41, 5.74) is 3.74. The van der Waals surface area contributed by atoms with Gasteiger partial charge < -0.3 is 4.84 Å². The predicted molar refractivity (Wildman–Crippen MR) is 48.2 cm³/mol. The van der Waals surface area contributed by atoms with Crippen molar-refractivity contribution < 1.29 is 4.84 Å². The number of terminal acetylenes is 1. The largest absolute Gasteiger partial charge is 0.304 e. The molecule has 12 heavy (non-hydrogen) atoms. The van der Waals surface area contributed by atoms with E-state index in [1.165, 1.54) is 0 Å². The Morgan fingerprint density at radius 3 is 2.58 bits per heavy atom. The first kappa shape index (κ1) is 8.79. The van der Waals surface area contributed by atoms with Gasteiger partial charge in [-0.25, -0.2) is 0 Å². The van der Waals surface area contributed by atoms with Crippen LogP contribution < -0.4 is 5.48 Å². The molecule has 0 fully saturated rings. The van der Waals surface area contributed by atoms with Crippen LogP contribution in [0, 0.1) is 12.3 Å². The molecule has 1 N–H and O–H groups in total. The smallest absolute Gasteiger partial charge is 0.117 e. The highest BCUT2D eigenvalue weighted by Crippen LogP contribution is 2.10. The summed E-state index contributed by atoms with van der Waals surface area (Å²) in [5.74, 6) is 2.58. The van der Waals surface area contributed by atoms with E-state index in [1.807, 2.05) is 30.3 Å². The second kappa shape index (κ2) is 4.55. The maximum atomic E-state index is 5.30. The van der Waals surface area contributed by atoms with Crippen LogP contribution in [0.15, 0.2) is 30.3 Å². The fraction of sp³-hybridized carbons (Fsp3) is 0.200. The molecule has 0 bridgehead atoms. The van der Waals surface area contributed by atoms with Crippen molar-refractivity contribution >= 4 is 0 Å². The highest BCUT2D eigenvalue weighted by Gasteiger charge is 2.04. The second-order valence-corrected chi connectivity index (χ2v) is 2.33. The third kappa shape index (κ3) is 2.09. The molecule has 2 nitrogen and oxygen atoms in total. The molecular formula is C10H11NO. The Hall–Kier alpha value is -1.30. The van der Waals surface area contributed by atoms with Crippen LogP contribution in [0.4, 0.5) is 0 Å². The van der Waals surface area contributed by atoms with Gasteiger partial charge in [-0.15, -0.1) is 6.42 Å². The minimum Gasteiger partial charge on any atom is -0.304 e. The van der Waals surface area contributed by atoms with Crippen LogP contribution >= 0.6 is 0 Å². The van der Waals surface area contributed by atoms with Gasteiger partial charge in [0.25, 0.3) is 0 Å². The lowest BCUT2D eigenvalue weighted by Gasteiger charge is -2.10. The van der Waals surface area contributed by atoms with Gasteiger partial charge in [0.15, 0.2) is 0 Å². The van der Waals surface area contributed by atoms with Gasteiger partial charge >= 0.3 is 0 Å². The van der Waals surface area contributed by atoms with E-state index in [0.29, 0.717) is 0 Å². The Bertz CT molecular complexity index is 263. The van der Waals surface area contributed by atoms with Gasteiger partial charge in [0, 0.05) is 0 Å². The molecule has 0 amide bonds. The molecule has 0 saturated heterocycles. The van der Waals surface area contributed by atoms with Crippen molar-refractivity contribution in [3.05, 3.63) is 35.9 Å². The zero-order valence-electron chi connectivity index (χ0n) is 6.95. The second-order valence-electron chi connectivity index (χ2n) is 2.33. The van der Waals surface area contributed by atoms with E-state index in [4.69, 9.17) is 11.3 Å². The van der Waals surface area contributed by atoms with Crippen molar-refractivity contribution in [1.29, 1.82) is 0 Å². The molecule has 1 rings (SSSR count). The number of benzene rings is 1. The normalized spacial score (nSPS) is 12.0. The SMILES string of the molecule is C#CC(NOC)c1ccccc1. The van der Waals surface area contributed by atoms with Crippen LogP contribution in [-0.2, 0) is 4.84 Å². The molecule has 1 unspecified atom stereocenters. The Balaban J connectivity index is 2.75. The Morgan fingerprint density at radius 2 is 2.08 bits per heavy atom. The zero-order valence-corrected chi connectivity index (χ0v) is 6.95. The Labute approximate surface area is 72.5 Å². The van der Waals surface area contributed by atoms with Gasteiger partial charge in [0.05, 0.1) is 7.11 Å². The molecular weight excluding hydrogens is 150 g/mol. The quantitative estimate of drug-likeness (QED) is 0.536. The minimum absolute atomic E-state index is 0.170. The van der Waals surface area contributed by atoms with Crippen LogP contribution in [0.2, 0.25) is 0 Å². The number of hydrogen-bond donors (Lipinski definition) is 1. The maximum absolute atomic E-state index is 5.30. The summed E-state index contributed by atoms with van der Waals surface area (Å²) >= 11 is 0. The lowest BCUT2D eigenvalue weighted by Crippen LogP contribution is -2.17. The van der Waals surface area contributed by atoms with E-state index in [-0.39, 0.29) is 6.04 Å². The van der Waals surface area contributed by atoms with Crippen molar-refractivity contribution in [2.45, 2.75) is 6.04 Å². The molecule has 0 aliphatic carbocycles. The minimum atomic E-state index is -0.170. The van der Waals surface area contributed by atoms with E-state index >= 15 is 0 Å². The van der Waals surface area contributed by atoms with E-state index in [0.717, 1.165) is 5.56 Å². The van der Waals surface area contributed by atoms with Gasteiger partial charge in [0.1, 0.15) is 6.04 Å². The standard InChI is InChI=1S/C10H11NO/c1-3-10(11-12-2)9-7-5-4-6-8-9/h1,4-8,10-11H,2H3. The zero-order chi connectivity index (χ0) is 8.81. The summed E-state index contributed by atoms with van der Waals surface area (Å²) in [6, 6.07) is 9.57. The molecule has 0 spiro atoms. The molecule has 2 heteroatoms. The first-order chi connectivity index (χ1) is 5.88. The molecule has 0 radical (unpaired) electrons. The molecule has 0 aromatic heterocycles. The third-order valence-corrected chi connectivity index (χ3v) is 1.54. The molecule has 0 saturated carbocycles. The molecule has 62 valence electrons. The van der Waals surface area contributed by atoms with Crippen LogP contribution in [0.5, 0.6) is 0 Å². The lowest BCUT2D eigenvalue weighted by molar-refractivity contribution is 0.0761. The lowest BCUT2D eigenvalue weighted by atomic mass is 10.1. The van der Waals surface area contributed by atoms with Crippen LogP contribution in [0.25, 0.3) is 0 Å². The van der Waals surface area contributed by atoms with Gasteiger partial charge in [-0.2, -0.15) is 5.48 Å². The Morgan fingerprint density at radius 1 is 1.42 bits per heavy atom. The van der Waals surface area contributed by atoms with Gasteiger partial charge in [-0.3, -0.25) is 0 Å². The van der Waals surface area contributed by atoms with Crippen molar-refractivity contribution in [1.82, 2.24) is 5.48 Å². The summed E-state index contributed by atoms with van der Waals surface area (Å²) in [7, 11) is 1.55. The summed E-state index contributed by atoms with van der Waals surface area (Å²) in [4.78, 5) is 4.76. The molecule has 1 aromatic carbocycles. The molecule has 0 heterocycles. The highest BCUT2D eigenvalue weighted by atomic mass is 16.6. The average molecular weight is 161 g/mol. The van der Waals surface area contributed by atoms with Crippen molar-refractivity contribution in [2.75, 3.05) is 7.11 Å². The molecule has 0 aliphatic rings. The summed E-state index contributed by atoms with van der Waals surface area (Å²) < 4.78 is 0. The van der Waals surface area contributed by atoms with Gasteiger partial charge in [0.2, 0.25) is 0 Å². The molecule has 1 aromatic rings. The van der Waals surface area contributed by atoms with E-state index in [2.05, 4.69) is 11.4 Å². The van der Waals surface area contributed by atoms with Crippen LogP contribution in [0.1, 0.15) is 11.6 Å². The van der Waals surface area contributed by atoms with Crippen LogP contribution in [0.3, 0.4) is 0 Å². The number of hydrogen-bond acceptors (Lipinski definition) is 2. The number of rotatable bonds is 3. The third-order valence-electron chi connectivity index (χ3n) is 1.54. The number of hydroxylamine groups is 1.